The van der Waals surface area contributed by atoms with Gasteiger partial charge in [0.2, 0.25) is 0 Å². The molecule has 5 aliphatic carbocycles. The lowest BCUT2D eigenvalue weighted by atomic mass is 9.59. The van der Waals surface area contributed by atoms with Crippen LogP contribution in [0.25, 0.3) is 49.6 Å². The van der Waals surface area contributed by atoms with Gasteiger partial charge in [-0.1, -0.05) is 211 Å². The van der Waals surface area contributed by atoms with Crippen LogP contribution >= 0.6 is 0 Å². The van der Waals surface area contributed by atoms with Gasteiger partial charge in [0.25, 0.3) is 0 Å². The van der Waals surface area contributed by atoms with E-state index in [1.54, 1.807) is 0 Å². The summed E-state index contributed by atoms with van der Waals surface area (Å²) in [7, 11) is 0. The van der Waals surface area contributed by atoms with E-state index in [1.807, 2.05) is 0 Å². The Morgan fingerprint density at radius 2 is 1.12 bits per heavy atom. The second-order valence-corrected chi connectivity index (χ2v) is 23.3. The van der Waals surface area contributed by atoms with Crippen molar-refractivity contribution in [3.05, 3.63) is 272 Å². The van der Waals surface area contributed by atoms with Crippen LogP contribution in [0.5, 0.6) is 0 Å². The van der Waals surface area contributed by atoms with Crippen molar-refractivity contribution in [3.63, 3.8) is 0 Å². The fourth-order valence-corrected chi connectivity index (χ4v) is 15.4. The molecule has 17 rings (SSSR count). The molecule has 0 spiro atoms. The SMILES string of the molecule is CC(C)(C)c1ccc2c(c1)-c1c(ncc3c1c1c4c(cc5c1n3C1(C)C=NC3=C(c6cc(-c7ccccc7)ccc6C3(c3ccccc3)c3ccccc3)C51)C1c3ccccc3C4c3ccccc31)C2(C)C. The summed E-state index contributed by atoms with van der Waals surface area (Å²) in [6.07, 6.45) is 4.62. The number of hydrogen-bond donors (Lipinski definition) is 0. The summed E-state index contributed by atoms with van der Waals surface area (Å²) in [6, 6.07) is 69.3. The average Bonchev–Trinajstić information content (AvgIpc) is 4.08. The fraction of sp³-hybridized carbons (Fsp3) is 0.188. The minimum absolute atomic E-state index is 0.0149. The summed E-state index contributed by atoms with van der Waals surface area (Å²) < 4.78 is 2.73. The molecule has 7 aliphatic rings. The van der Waals surface area contributed by atoms with E-state index in [1.165, 1.54) is 128 Å². The van der Waals surface area contributed by atoms with Gasteiger partial charge in [-0.2, -0.15) is 0 Å². The number of pyridine rings is 1. The Bertz CT molecular complexity index is 4040. The second kappa shape index (κ2) is 13.5. The number of benzene rings is 8. The quantitative estimate of drug-likeness (QED) is 0.174. The molecule has 0 saturated carbocycles. The predicted molar refractivity (Wildman–Crippen MR) is 295 cm³/mol. The maximum atomic E-state index is 5.97. The molecule has 2 bridgehead atoms. The third kappa shape index (κ3) is 4.75. The van der Waals surface area contributed by atoms with Gasteiger partial charge in [-0.25, -0.2) is 0 Å². The first-order valence-electron chi connectivity index (χ1n) is 26.0. The lowest BCUT2D eigenvalue weighted by Crippen LogP contribution is -2.38. The van der Waals surface area contributed by atoms with E-state index >= 15 is 0 Å². The van der Waals surface area contributed by atoms with Gasteiger partial charge < -0.3 is 4.57 Å². The van der Waals surface area contributed by atoms with Gasteiger partial charge in [0.15, 0.2) is 0 Å². The van der Waals surface area contributed by atoms with Gasteiger partial charge in [0, 0.05) is 45.7 Å². The molecular weight excluding hydrogens is 871 g/mol. The maximum Gasteiger partial charge on any atom is 0.0887 e. The van der Waals surface area contributed by atoms with Crippen molar-refractivity contribution >= 4 is 33.6 Å². The van der Waals surface area contributed by atoms with Crippen LogP contribution in [0.4, 0.5) is 0 Å². The third-order valence-electron chi connectivity index (χ3n) is 18.4. The molecule has 344 valence electrons. The Morgan fingerprint density at radius 1 is 0.528 bits per heavy atom. The van der Waals surface area contributed by atoms with Crippen LogP contribution < -0.4 is 0 Å². The lowest BCUT2D eigenvalue weighted by Gasteiger charge is -2.43. The first-order valence-corrected chi connectivity index (χ1v) is 26.0. The highest BCUT2D eigenvalue weighted by molar-refractivity contribution is 6.22. The van der Waals surface area contributed by atoms with Crippen molar-refractivity contribution in [3.8, 4) is 22.3 Å². The number of rotatable bonds is 3. The van der Waals surface area contributed by atoms with E-state index in [2.05, 4.69) is 241 Å². The van der Waals surface area contributed by atoms with Gasteiger partial charge in [-0.15, -0.1) is 0 Å². The summed E-state index contributed by atoms with van der Waals surface area (Å²) in [5.41, 5.74) is 27.6. The molecule has 0 fully saturated rings. The van der Waals surface area contributed by atoms with Crippen molar-refractivity contribution in [1.29, 1.82) is 0 Å². The number of aliphatic imine (C=N–C) groups is 1. The summed E-state index contributed by atoms with van der Waals surface area (Å²) >= 11 is 0. The largest absolute Gasteiger partial charge is 0.327 e. The number of allylic oxidation sites excluding steroid dienone is 2. The van der Waals surface area contributed by atoms with Crippen LogP contribution in [0.1, 0.15) is 137 Å². The minimum Gasteiger partial charge on any atom is -0.327 e. The van der Waals surface area contributed by atoms with Crippen molar-refractivity contribution < 1.29 is 0 Å². The Morgan fingerprint density at radius 3 is 1.76 bits per heavy atom. The minimum atomic E-state index is -0.647. The molecule has 8 aromatic carbocycles. The van der Waals surface area contributed by atoms with Gasteiger partial charge in [-0.3, -0.25) is 9.98 Å². The molecule has 0 radical (unpaired) electrons. The zero-order valence-corrected chi connectivity index (χ0v) is 41.5. The molecular formula is C69H53N3. The van der Waals surface area contributed by atoms with Crippen LogP contribution in [0, 0.1) is 0 Å². The van der Waals surface area contributed by atoms with E-state index in [-0.39, 0.29) is 28.6 Å². The first kappa shape index (κ1) is 40.8. The smallest absolute Gasteiger partial charge is 0.0887 e. The second-order valence-electron chi connectivity index (χ2n) is 23.3. The van der Waals surface area contributed by atoms with Crippen molar-refractivity contribution in [2.75, 3.05) is 0 Å². The Balaban J connectivity index is 1.08. The highest BCUT2D eigenvalue weighted by atomic mass is 15.1. The number of hydrogen-bond acceptors (Lipinski definition) is 2. The van der Waals surface area contributed by atoms with E-state index in [0.717, 1.165) is 5.70 Å². The van der Waals surface area contributed by atoms with Crippen LogP contribution in [0.15, 0.2) is 199 Å². The first-order chi connectivity index (χ1) is 35.0. The van der Waals surface area contributed by atoms with Gasteiger partial charge in [-0.05, 0) is 113 Å². The molecule has 2 aromatic heterocycles. The summed E-state index contributed by atoms with van der Waals surface area (Å²) in [6.45, 7) is 14.3. The molecule has 2 unspecified atom stereocenters. The lowest BCUT2D eigenvalue weighted by molar-refractivity contribution is 0.463. The maximum absolute atomic E-state index is 5.97. The molecule has 3 heteroatoms. The van der Waals surface area contributed by atoms with Gasteiger partial charge in [0.05, 0.1) is 39.6 Å². The number of fused-ring (bicyclic) bond motifs is 13. The standard InChI is InChI=1S/C69H53N3/c1-66(2,3)43-31-33-52-49(35-43)58-60-54(37-70-64(58)67(52,4)5)72-63-51(36-50-55-44-26-16-18-28-46(44)56(57(50)61(60)63)47-29-19-17-27-45(47)55)62-59-48-34-40(39-20-10-7-11-21-39)30-32-53(48)69(41-22-12-8-13-23-41,42-24-14-9-15-25-42)65(59)71-38-68(62,72)6/h7-38,55-56,62H,1-6H3. The highest BCUT2D eigenvalue weighted by Gasteiger charge is 2.59. The van der Waals surface area contributed by atoms with E-state index in [9.17, 15) is 0 Å². The highest BCUT2D eigenvalue weighted by Crippen LogP contribution is 2.69. The van der Waals surface area contributed by atoms with Gasteiger partial charge in [0.1, 0.15) is 0 Å². The van der Waals surface area contributed by atoms with E-state index in [4.69, 9.17) is 9.98 Å². The Kier molecular flexibility index (Phi) is 7.67. The average molecular weight is 924 g/mol. The van der Waals surface area contributed by atoms with Crippen LogP contribution in [0.2, 0.25) is 0 Å². The molecule has 0 amide bonds. The van der Waals surface area contributed by atoms with E-state index in [0.29, 0.717) is 0 Å². The summed E-state index contributed by atoms with van der Waals surface area (Å²) in [4.78, 5) is 11.6. The van der Waals surface area contributed by atoms with Crippen LogP contribution in [-0.4, -0.2) is 15.8 Å². The molecule has 3 nitrogen and oxygen atoms in total. The molecule has 72 heavy (non-hydrogen) atoms. The molecule has 0 saturated heterocycles. The summed E-state index contributed by atoms with van der Waals surface area (Å²) in [5, 5.41) is 2.75. The van der Waals surface area contributed by atoms with Crippen LogP contribution in [-0.2, 0) is 21.8 Å². The molecule has 10 aromatic rings. The zero-order valence-electron chi connectivity index (χ0n) is 41.5. The molecule has 0 N–H and O–H groups in total. The predicted octanol–water partition coefficient (Wildman–Crippen LogP) is 16.1. The fourth-order valence-electron chi connectivity index (χ4n) is 15.4. The molecule has 2 atom stereocenters. The van der Waals surface area contributed by atoms with Crippen molar-refractivity contribution in [2.45, 2.75) is 81.1 Å². The molecule has 4 heterocycles. The third-order valence-corrected chi connectivity index (χ3v) is 18.4. The van der Waals surface area contributed by atoms with E-state index < -0.39 is 11.0 Å². The zero-order chi connectivity index (χ0) is 48.2. The summed E-state index contributed by atoms with van der Waals surface area (Å²) in [5.74, 6) is 0.146. The Labute approximate surface area is 421 Å². The topological polar surface area (TPSA) is 30.2 Å². The molecule has 2 aliphatic heterocycles. The van der Waals surface area contributed by atoms with Crippen LogP contribution in [0.3, 0.4) is 0 Å². The monoisotopic (exact) mass is 923 g/mol. The Hall–Kier alpha value is -7.88. The normalized spacial score (nSPS) is 21.5. The van der Waals surface area contributed by atoms with Crippen molar-refractivity contribution in [2.24, 2.45) is 4.99 Å². The van der Waals surface area contributed by atoms with Crippen molar-refractivity contribution in [1.82, 2.24) is 9.55 Å². The number of aromatic nitrogens is 2. The van der Waals surface area contributed by atoms with Gasteiger partial charge >= 0.3 is 0 Å². The number of nitrogens with zero attached hydrogens (tertiary/aromatic N) is 3.